The highest BCUT2D eigenvalue weighted by atomic mass is 16.5. The third-order valence-corrected chi connectivity index (χ3v) is 4.31. The van der Waals surface area contributed by atoms with Gasteiger partial charge in [0.1, 0.15) is 5.82 Å². The molecule has 1 aromatic rings. The zero-order valence-electron chi connectivity index (χ0n) is 11.7. The van der Waals surface area contributed by atoms with Gasteiger partial charge in [-0.05, 0) is 50.0 Å². The van der Waals surface area contributed by atoms with Crippen LogP contribution in [0.3, 0.4) is 0 Å². The van der Waals surface area contributed by atoms with Crippen LogP contribution in [0.1, 0.15) is 25.3 Å². The van der Waals surface area contributed by atoms with Gasteiger partial charge >= 0.3 is 0 Å². The molecule has 0 saturated carbocycles. The van der Waals surface area contributed by atoms with Crippen molar-refractivity contribution in [2.24, 2.45) is 0 Å². The van der Waals surface area contributed by atoms with Gasteiger partial charge in [-0.1, -0.05) is 6.92 Å². The van der Waals surface area contributed by atoms with Crippen LogP contribution in [0.5, 0.6) is 0 Å². The Morgan fingerprint density at radius 1 is 1.42 bits per heavy atom. The van der Waals surface area contributed by atoms with Gasteiger partial charge in [0.15, 0.2) is 0 Å². The molecule has 2 saturated heterocycles. The Kier molecular flexibility index (Phi) is 3.71. The van der Waals surface area contributed by atoms with Crippen LogP contribution >= 0.6 is 0 Å². The Morgan fingerprint density at radius 3 is 3.05 bits per heavy atom. The molecule has 4 nitrogen and oxygen atoms in total. The van der Waals surface area contributed by atoms with Gasteiger partial charge in [-0.2, -0.15) is 0 Å². The number of ether oxygens (including phenoxy) is 1. The molecular weight excluding hydrogens is 238 g/mol. The van der Waals surface area contributed by atoms with Gasteiger partial charge < -0.3 is 15.0 Å². The molecule has 0 amide bonds. The van der Waals surface area contributed by atoms with Crippen LogP contribution in [0.15, 0.2) is 18.3 Å². The number of nitrogens with one attached hydrogen (secondary N) is 1. The highest BCUT2D eigenvalue weighted by molar-refractivity contribution is 5.42. The molecule has 1 aromatic heterocycles. The van der Waals surface area contributed by atoms with Crippen LogP contribution in [-0.2, 0) is 11.2 Å². The molecule has 4 heteroatoms. The highest BCUT2D eigenvalue weighted by Crippen LogP contribution is 2.29. The van der Waals surface area contributed by atoms with Crippen molar-refractivity contribution in [3.8, 4) is 0 Å². The van der Waals surface area contributed by atoms with E-state index in [9.17, 15) is 0 Å². The zero-order chi connectivity index (χ0) is 13.1. The summed E-state index contributed by atoms with van der Waals surface area (Å²) >= 11 is 0. The molecule has 0 bridgehead atoms. The molecule has 104 valence electrons. The van der Waals surface area contributed by atoms with E-state index in [0.29, 0.717) is 0 Å². The Morgan fingerprint density at radius 2 is 2.26 bits per heavy atom. The van der Waals surface area contributed by atoms with Crippen molar-refractivity contribution >= 4 is 5.82 Å². The lowest BCUT2D eigenvalue weighted by Gasteiger charge is -2.45. The zero-order valence-corrected chi connectivity index (χ0v) is 11.7. The van der Waals surface area contributed by atoms with Gasteiger partial charge in [-0.15, -0.1) is 0 Å². The van der Waals surface area contributed by atoms with Crippen molar-refractivity contribution in [2.45, 2.75) is 31.8 Å². The molecule has 0 aromatic carbocycles. The highest BCUT2D eigenvalue weighted by Gasteiger charge is 2.38. The van der Waals surface area contributed by atoms with Crippen LogP contribution in [0.2, 0.25) is 0 Å². The Balaban J connectivity index is 1.76. The van der Waals surface area contributed by atoms with Crippen LogP contribution in [0, 0.1) is 0 Å². The SMILES string of the molecule is CCc1ccnc(N2CCOC3(CCNCC3)C2)c1. The van der Waals surface area contributed by atoms with E-state index >= 15 is 0 Å². The average Bonchev–Trinajstić information content (AvgIpc) is 2.48. The molecule has 1 spiro atoms. The van der Waals surface area contributed by atoms with Crippen molar-refractivity contribution in [2.75, 3.05) is 37.7 Å². The standard InChI is InChI=1S/C15H23N3O/c1-2-13-3-6-17-14(11-13)18-9-10-19-15(12-18)4-7-16-8-5-15/h3,6,11,16H,2,4-5,7-10,12H2,1H3. The lowest BCUT2D eigenvalue weighted by molar-refractivity contribution is -0.0740. The first-order valence-corrected chi connectivity index (χ1v) is 7.36. The molecule has 0 radical (unpaired) electrons. The molecule has 2 fully saturated rings. The van der Waals surface area contributed by atoms with Crippen molar-refractivity contribution in [1.29, 1.82) is 0 Å². The van der Waals surface area contributed by atoms with Crippen LogP contribution in [-0.4, -0.2) is 43.4 Å². The summed E-state index contributed by atoms with van der Waals surface area (Å²) in [4.78, 5) is 6.94. The summed E-state index contributed by atoms with van der Waals surface area (Å²) in [7, 11) is 0. The molecule has 0 atom stereocenters. The Bertz CT molecular complexity index is 424. The summed E-state index contributed by atoms with van der Waals surface area (Å²) in [6.45, 7) is 7.07. The van der Waals surface area contributed by atoms with Crippen LogP contribution in [0.4, 0.5) is 5.82 Å². The number of piperidine rings is 1. The maximum absolute atomic E-state index is 6.11. The van der Waals surface area contributed by atoms with E-state index in [2.05, 4.69) is 34.3 Å². The first-order valence-electron chi connectivity index (χ1n) is 7.36. The van der Waals surface area contributed by atoms with Gasteiger partial charge in [0.05, 0.1) is 12.2 Å². The maximum atomic E-state index is 6.11. The summed E-state index contributed by atoms with van der Waals surface area (Å²) in [5.41, 5.74) is 1.41. The van der Waals surface area contributed by atoms with Gasteiger partial charge in [0.2, 0.25) is 0 Å². The first kappa shape index (κ1) is 12.9. The quantitative estimate of drug-likeness (QED) is 0.877. The van der Waals surface area contributed by atoms with Gasteiger partial charge in [-0.25, -0.2) is 4.98 Å². The third kappa shape index (κ3) is 2.74. The molecule has 3 heterocycles. The summed E-state index contributed by atoms with van der Waals surface area (Å²) in [6, 6.07) is 4.32. The van der Waals surface area contributed by atoms with Crippen molar-refractivity contribution in [3.05, 3.63) is 23.9 Å². The number of pyridine rings is 1. The first-order chi connectivity index (χ1) is 9.31. The molecule has 2 aliphatic heterocycles. The topological polar surface area (TPSA) is 37.4 Å². The summed E-state index contributed by atoms with van der Waals surface area (Å²) < 4.78 is 6.11. The number of hydrogen-bond acceptors (Lipinski definition) is 4. The van der Waals surface area contributed by atoms with E-state index in [1.165, 1.54) is 5.56 Å². The number of anilines is 1. The monoisotopic (exact) mass is 261 g/mol. The third-order valence-electron chi connectivity index (χ3n) is 4.31. The van der Waals surface area contributed by atoms with E-state index in [0.717, 1.165) is 57.9 Å². The van der Waals surface area contributed by atoms with Crippen molar-refractivity contribution in [3.63, 3.8) is 0 Å². The normalized spacial score (nSPS) is 22.7. The Hall–Kier alpha value is -1.13. The fourth-order valence-corrected chi connectivity index (χ4v) is 3.08. The second-order valence-corrected chi connectivity index (χ2v) is 5.58. The largest absolute Gasteiger partial charge is 0.371 e. The van der Waals surface area contributed by atoms with Crippen molar-refractivity contribution in [1.82, 2.24) is 10.3 Å². The number of nitrogens with zero attached hydrogens (tertiary/aromatic N) is 2. The number of aryl methyl sites for hydroxylation is 1. The predicted octanol–water partition coefficient (Wildman–Crippen LogP) is 1.60. The number of rotatable bonds is 2. The smallest absolute Gasteiger partial charge is 0.128 e. The maximum Gasteiger partial charge on any atom is 0.128 e. The molecule has 0 unspecified atom stereocenters. The van der Waals surface area contributed by atoms with Crippen molar-refractivity contribution < 1.29 is 4.74 Å². The lowest BCUT2D eigenvalue weighted by Crippen LogP contribution is -2.56. The number of hydrogen-bond donors (Lipinski definition) is 1. The fourth-order valence-electron chi connectivity index (χ4n) is 3.08. The van der Waals surface area contributed by atoms with E-state index in [1.807, 2.05) is 6.20 Å². The van der Waals surface area contributed by atoms with Gasteiger partial charge in [0.25, 0.3) is 0 Å². The Labute approximate surface area is 115 Å². The fraction of sp³-hybridized carbons (Fsp3) is 0.667. The van der Waals surface area contributed by atoms with Gasteiger partial charge in [0, 0.05) is 19.3 Å². The molecule has 3 rings (SSSR count). The molecule has 1 N–H and O–H groups in total. The van der Waals surface area contributed by atoms with E-state index in [1.54, 1.807) is 0 Å². The van der Waals surface area contributed by atoms with E-state index in [-0.39, 0.29) is 5.60 Å². The second kappa shape index (κ2) is 5.47. The predicted molar refractivity (Wildman–Crippen MR) is 76.6 cm³/mol. The van der Waals surface area contributed by atoms with Gasteiger partial charge in [-0.3, -0.25) is 0 Å². The average molecular weight is 261 g/mol. The number of aromatic nitrogens is 1. The summed E-state index contributed by atoms with van der Waals surface area (Å²) in [6.07, 6.45) is 5.21. The van der Waals surface area contributed by atoms with Crippen LogP contribution in [0.25, 0.3) is 0 Å². The minimum absolute atomic E-state index is 0.0490. The van der Waals surface area contributed by atoms with E-state index in [4.69, 9.17) is 4.74 Å². The summed E-state index contributed by atoms with van der Waals surface area (Å²) in [5.74, 6) is 1.11. The molecule has 0 aliphatic carbocycles. The second-order valence-electron chi connectivity index (χ2n) is 5.58. The molecular formula is C15H23N3O. The van der Waals surface area contributed by atoms with Crippen LogP contribution < -0.4 is 10.2 Å². The molecule has 2 aliphatic rings. The van der Waals surface area contributed by atoms with E-state index < -0.39 is 0 Å². The minimum atomic E-state index is 0.0490. The summed E-state index contributed by atoms with van der Waals surface area (Å²) in [5, 5.41) is 3.42. The minimum Gasteiger partial charge on any atom is -0.371 e. The molecule has 19 heavy (non-hydrogen) atoms. The number of morpholine rings is 1. The lowest BCUT2D eigenvalue weighted by atomic mass is 9.90.